The minimum atomic E-state index is 0.703. The molecule has 1 aromatic rings. The molecular weight excluding hydrogens is 174 g/mol. The van der Waals surface area contributed by atoms with E-state index in [0.29, 0.717) is 6.04 Å². The fraction of sp³-hybridized carbons (Fsp3) is 0.545. The highest BCUT2D eigenvalue weighted by Crippen LogP contribution is 2.25. The van der Waals surface area contributed by atoms with Crippen LogP contribution in [0.5, 0.6) is 0 Å². The molecule has 0 unspecified atom stereocenters. The van der Waals surface area contributed by atoms with Crippen LogP contribution >= 0.6 is 0 Å². The van der Waals surface area contributed by atoms with Crippen LogP contribution in [-0.4, -0.2) is 30.7 Å². The van der Waals surface area contributed by atoms with E-state index in [1.165, 1.54) is 25.2 Å². The summed E-state index contributed by atoms with van der Waals surface area (Å²) < 4.78 is 0. The quantitative estimate of drug-likeness (QED) is 0.711. The average Bonchev–Trinajstić information content (AvgIpc) is 2.59. The van der Waals surface area contributed by atoms with Gasteiger partial charge in [0.2, 0.25) is 0 Å². The Morgan fingerprint density at radius 3 is 3.21 bits per heavy atom. The van der Waals surface area contributed by atoms with E-state index in [4.69, 9.17) is 0 Å². The molecule has 2 atom stereocenters. The smallest absolute Gasteiger partial charge is 0.0553 e. The Morgan fingerprint density at radius 1 is 1.43 bits per heavy atom. The van der Waals surface area contributed by atoms with Crippen molar-refractivity contribution in [3.63, 3.8) is 0 Å². The number of pyridine rings is 1. The van der Waals surface area contributed by atoms with Crippen LogP contribution in [0.4, 0.5) is 5.69 Å². The third-order valence-electron chi connectivity index (χ3n) is 3.24. The van der Waals surface area contributed by atoms with Gasteiger partial charge < -0.3 is 10.2 Å². The summed E-state index contributed by atoms with van der Waals surface area (Å²) >= 11 is 0. The maximum Gasteiger partial charge on any atom is 0.0553 e. The number of aromatic nitrogens is 1. The van der Waals surface area contributed by atoms with Crippen LogP contribution < -0.4 is 10.2 Å². The molecule has 1 N–H and O–H groups in total. The highest BCUT2D eigenvalue weighted by Gasteiger charge is 2.32. The fourth-order valence-electron chi connectivity index (χ4n) is 2.58. The lowest BCUT2D eigenvalue weighted by atomic mass is 10.00. The monoisotopic (exact) mass is 189 g/mol. The van der Waals surface area contributed by atoms with Crippen molar-refractivity contribution in [2.45, 2.75) is 12.5 Å². The van der Waals surface area contributed by atoms with Crippen LogP contribution in [0.15, 0.2) is 24.5 Å². The zero-order valence-corrected chi connectivity index (χ0v) is 8.19. The molecule has 3 heterocycles. The standard InChI is InChI=1S/C11H15N3/c1-2-11(6-12-3-1)14-7-9-4-10(8-14)13-5-9/h1-3,6,9-10,13H,4-5,7-8H2/t9-,10-/m0/s1. The van der Waals surface area contributed by atoms with Gasteiger partial charge in [0.05, 0.1) is 11.9 Å². The van der Waals surface area contributed by atoms with Crippen molar-refractivity contribution >= 4 is 5.69 Å². The number of hydrogen-bond donors (Lipinski definition) is 1. The molecule has 0 aliphatic carbocycles. The molecule has 0 aromatic carbocycles. The summed E-state index contributed by atoms with van der Waals surface area (Å²) in [7, 11) is 0. The number of hydrogen-bond acceptors (Lipinski definition) is 3. The molecule has 3 nitrogen and oxygen atoms in total. The van der Waals surface area contributed by atoms with E-state index < -0.39 is 0 Å². The van der Waals surface area contributed by atoms with Crippen molar-refractivity contribution in [3.8, 4) is 0 Å². The minimum Gasteiger partial charge on any atom is -0.368 e. The third-order valence-corrected chi connectivity index (χ3v) is 3.24. The van der Waals surface area contributed by atoms with Gasteiger partial charge in [-0.25, -0.2) is 0 Å². The van der Waals surface area contributed by atoms with E-state index in [1.54, 1.807) is 0 Å². The number of fused-ring (bicyclic) bond motifs is 2. The second-order valence-corrected chi connectivity index (χ2v) is 4.32. The first kappa shape index (κ1) is 8.24. The molecule has 0 radical (unpaired) electrons. The molecule has 3 rings (SSSR count). The molecular formula is C11H15N3. The van der Waals surface area contributed by atoms with Gasteiger partial charge in [-0.3, -0.25) is 4.98 Å². The van der Waals surface area contributed by atoms with Crippen molar-refractivity contribution in [2.75, 3.05) is 24.5 Å². The second-order valence-electron chi connectivity index (χ2n) is 4.32. The maximum atomic E-state index is 4.17. The molecule has 2 fully saturated rings. The predicted octanol–water partition coefficient (Wildman–Crippen LogP) is 0.880. The summed E-state index contributed by atoms with van der Waals surface area (Å²) in [6, 6.07) is 4.87. The van der Waals surface area contributed by atoms with Crippen LogP contribution in [0.3, 0.4) is 0 Å². The van der Waals surface area contributed by atoms with Crippen molar-refractivity contribution < 1.29 is 0 Å². The van der Waals surface area contributed by atoms with Gasteiger partial charge in [-0.05, 0) is 24.5 Å². The van der Waals surface area contributed by atoms with E-state index >= 15 is 0 Å². The Morgan fingerprint density at radius 2 is 2.43 bits per heavy atom. The topological polar surface area (TPSA) is 28.2 Å². The molecule has 2 bridgehead atoms. The van der Waals surface area contributed by atoms with E-state index in [2.05, 4.69) is 21.3 Å². The van der Waals surface area contributed by atoms with Gasteiger partial charge in [-0.1, -0.05) is 0 Å². The zero-order valence-electron chi connectivity index (χ0n) is 8.19. The molecule has 2 aliphatic rings. The van der Waals surface area contributed by atoms with Gasteiger partial charge in [0.25, 0.3) is 0 Å². The van der Waals surface area contributed by atoms with Crippen LogP contribution in [0.25, 0.3) is 0 Å². The lowest BCUT2D eigenvalue weighted by Crippen LogP contribution is -2.41. The summed E-state index contributed by atoms with van der Waals surface area (Å²) in [5, 5.41) is 3.56. The third kappa shape index (κ3) is 1.38. The molecule has 1 aromatic heterocycles. The van der Waals surface area contributed by atoms with Crippen LogP contribution in [0.1, 0.15) is 6.42 Å². The zero-order chi connectivity index (χ0) is 9.38. The largest absolute Gasteiger partial charge is 0.368 e. The summed E-state index contributed by atoms with van der Waals surface area (Å²) in [6.45, 7) is 3.53. The van der Waals surface area contributed by atoms with Crippen molar-refractivity contribution in [3.05, 3.63) is 24.5 Å². The summed E-state index contributed by atoms with van der Waals surface area (Å²) in [4.78, 5) is 6.62. The molecule has 0 amide bonds. The minimum absolute atomic E-state index is 0.703. The van der Waals surface area contributed by atoms with Crippen LogP contribution in [0.2, 0.25) is 0 Å². The van der Waals surface area contributed by atoms with E-state index in [9.17, 15) is 0 Å². The molecule has 74 valence electrons. The van der Waals surface area contributed by atoms with Crippen molar-refractivity contribution in [1.29, 1.82) is 0 Å². The number of nitrogens with zero attached hydrogens (tertiary/aromatic N) is 2. The van der Waals surface area contributed by atoms with Crippen molar-refractivity contribution in [1.82, 2.24) is 10.3 Å². The molecule has 14 heavy (non-hydrogen) atoms. The fourth-order valence-corrected chi connectivity index (χ4v) is 2.58. The number of piperidine rings is 1. The van der Waals surface area contributed by atoms with Gasteiger partial charge in [-0.2, -0.15) is 0 Å². The van der Waals surface area contributed by atoms with E-state index in [-0.39, 0.29) is 0 Å². The summed E-state index contributed by atoms with van der Waals surface area (Å²) in [5.41, 5.74) is 1.27. The molecule has 2 aliphatic heterocycles. The first-order chi connectivity index (χ1) is 6.92. The normalized spacial score (nSPS) is 30.7. The molecule has 2 saturated heterocycles. The van der Waals surface area contributed by atoms with Gasteiger partial charge in [0.1, 0.15) is 0 Å². The predicted molar refractivity (Wildman–Crippen MR) is 56.3 cm³/mol. The Bertz CT molecular complexity index is 300. The Kier molecular flexibility index (Phi) is 1.91. The van der Waals surface area contributed by atoms with Gasteiger partial charge in [0.15, 0.2) is 0 Å². The van der Waals surface area contributed by atoms with Crippen LogP contribution in [-0.2, 0) is 0 Å². The Hall–Kier alpha value is -1.09. The molecule has 3 heteroatoms. The van der Waals surface area contributed by atoms with Gasteiger partial charge >= 0.3 is 0 Å². The second kappa shape index (κ2) is 3.24. The summed E-state index contributed by atoms with van der Waals surface area (Å²) in [5.74, 6) is 0.842. The van der Waals surface area contributed by atoms with E-state index in [0.717, 1.165) is 12.5 Å². The van der Waals surface area contributed by atoms with E-state index in [1.807, 2.05) is 18.5 Å². The Balaban J connectivity index is 1.81. The van der Waals surface area contributed by atoms with Gasteiger partial charge in [0, 0.05) is 31.9 Å². The number of anilines is 1. The molecule has 0 saturated carbocycles. The SMILES string of the molecule is c1cncc(N2C[C@@H]3CN[C@@H](C3)C2)c1. The lowest BCUT2D eigenvalue weighted by molar-refractivity contribution is 0.474. The highest BCUT2D eigenvalue weighted by molar-refractivity contribution is 5.44. The Labute approximate surface area is 84.1 Å². The summed E-state index contributed by atoms with van der Waals surface area (Å²) in [6.07, 6.45) is 5.15. The lowest BCUT2D eigenvalue weighted by Gasteiger charge is -2.32. The number of nitrogens with one attached hydrogen (secondary N) is 1. The first-order valence-corrected chi connectivity index (χ1v) is 5.30. The van der Waals surface area contributed by atoms with Crippen LogP contribution in [0, 0.1) is 5.92 Å². The average molecular weight is 189 g/mol. The van der Waals surface area contributed by atoms with Gasteiger partial charge in [-0.15, -0.1) is 0 Å². The maximum absolute atomic E-state index is 4.17. The highest BCUT2D eigenvalue weighted by atomic mass is 15.2. The molecule has 0 spiro atoms. The number of rotatable bonds is 1. The first-order valence-electron chi connectivity index (χ1n) is 5.30. The van der Waals surface area contributed by atoms with Crippen molar-refractivity contribution in [2.24, 2.45) is 5.92 Å².